The quantitative estimate of drug-likeness (QED) is 0.0711. The minimum Gasteiger partial charge on any atom is -0.497 e. The lowest BCUT2D eigenvalue weighted by Gasteiger charge is -2.35. The Morgan fingerprint density at radius 2 is 1.66 bits per heavy atom. The maximum atomic E-state index is 15.2. The minimum atomic E-state index is -3.09. The number of aliphatic hydroxyl groups is 2. The molecule has 3 amide bonds. The third-order valence-electron chi connectivity index (χ3n) is 12.6. The summed E-state index contributed by atoms with van der Waals surface area (Å²) in [4.78, 5) is 60.3. The molecule has 3 aliphatic rings. The molecule has 14 heteroatoms. The molecule has 3 heterocycles. The van der Waals surface area contributed by atoms with Crippen molar-refractivity contribution in [1.82, 2.24) is 10.2 Å². The van der Waals surface area contributed by atoms with E-state index in [1.807, 2.05) is 118 Å². The molecule has 1 fully saturated rings. The predicted octanol–water partition coefficient (Wildman–Crippen LogP) is 5.80. The monoisotopic (exact) mass is 864 g/mol. The molecular formula is C48H60N4O9Si. The van der Waals surface area contributed by atoms with Gasteiger partial charge < -0.3 is 44.3 Å². The molecule has 0 radical (unpaired) electrons. The zero-order valence-electron chi connectivity index (χ0n) is 36.4. The molecule has 7 rings (SSSR count). The average molecular weight is 865 g/mol. The maximum Gasteiger partial charge on any atom is 0.264 e. The summed E-state index contributed by atoms with van der Waals surface area (Å²) in [5.74, 6) is 0.184. The number of amides is 3. The Labute approximate surface area is 365 Å². The number of ether oxygens (including phenoxy) is 3. The molecule has 1 saturated heterocycles. The van der Waals surface area contributed by atoms with Crippen LogP contribution in [0.15, 0.2) is 91.0 Å². The van der Waals surface area contributed by atoms with Crippen LogP contribution in [-0.2, 0) is 44.2 Å². The average Bonchev–Trinajstić information content (AvgIpc) is 3.68. The van der Waals surface area contributed by atoms with Crippen molar-refractivity contribution in [2.45, 2.75) is 89.0 Å². The molecule has 330 valence electrons. The van der Waals surface area contributed by atoms with E-state index in [1.165, 1.54) is 0 Å². The second-order valence-corrected chi connectivity index (χ2v) is 21.0. The number of benzene rings is 4. The van der Waals surface area contributed by atoms with Gasteiger partial charge in [0.2, 0.25) is 11.8 Å². The largest absolute Gasteiger partial charge is 0.497 e. The van der Waals surface area contributed by atoms with E-state index in [0.29, 0.717) is 55.2 Å². The van der Waals surface area contributed by atoms with Crippen LogP contribution in [0.25, 0.3) is 0 Å². The van der Waals surface area contributed by atoms with Crippen molar-refractivity contribution in [3.05, 3.63) is 113 Å². The Morgan fingerprint density at radius 1 is 0.935 bits per heavy atom. The highest BCUT2D eigenvalue weighted by molar-refractivity contribution is 6.71. The van der Waals surface area contributed by atoms with Crippen molar-refractivity contribution in [2.24, 2.45) is 5.92 Å². The van der Waals surface area contributed by atoms with E-state index in [4.69, 9.17) is 14.2 Å². The van der Waals surface area contributed by atoms with Crippen LogP contribution in [0.1, 0.15) is 55.4 Å². The summed E-state index contributed by atoms with van der Waals surface area (Å²) in [5.41, 5.74) is 3.48. The standard InChI is InChI=1S/C48H60N4O9Si/c1-6-60-38-19-20-41-35(26-38)27-40(49-22-10-11-24-53)46(56)52(41)36-16-14-34(15-17-36)31-51-42-21-18-37(59-3)28-39(42)48(47(51)57)32(2)45(62(4,5)58)43(61-48)29-44(55)50(23-25-54)30-33-12-8-7-9-13-33/h7-9,12-21,26,28,32,40,43,45,49,53-54,58H,6,10-11,22-25,27,29-31H2,1-5H3/t32-,40?,43+,45-,48+/m0/s1. The van der Waals surface area contributed by atoms with Crippen LogP contribution in [-0.4, -0.2) is 98.1 Å². The molecule has 0 saturated carbocycles. The number of carbonyl (C=O) groups is 3. The number of hydrogen-bond acceptors (Lipinski definition) is 10. The summed E-state index contributed by atoms with van der Waals surface area (Å²) in [6.07, 6.45) is 1.06. The van der Waals surface area contributed by atoms with Crippen LogP contribution in [0.5, 0.6) is 11.5 Å². The molecule has 1 unspecified atom stereocenters. The number of hydrogen-bond donors (Lipinski definition) is 4. The van der Waals surface area contributed by atoms with Gasteiger partial charge in [-0.2, -0.15) is 0 Å². The van der Waals surface area contributed by atoms with Crippen molar-refractivity contribution < 1.29 is 43.6 Å². The van der Waals surface area contributed by atoms with Gasteiger partial charge in [0.25, 0.3) is 5.91 Å². The molecule has 4 aromatic rings. The molecule has 3 aliphatic heterocycles. The molecule has 5 atom stereocenters. The first-order valence-electron chi connectivity index (χ1n) is 21.7. The second kappa shape index (κ2) is 19.1. The van der Waals surface area contributed by atoms with Crippen molar-refractivity contribution in [2.75, 3.05) is 49.8 Å². The highest BCUT2D eigenvalue weighted by Crippen LogP contribution is 2.60. The Morgan fingerprint density at radius 3 is 2.34 bits per heavy atom. The smallest absolute Gasteiger partial charge is 0.264 e. The number of rotatable bonds is 18. The van der Waals surface area contributed by atoms with Crippen LogP contribution in [0, 0.1) is 5.92 Å². The third-order valence-corrected chi connectivity index (χ3v) is 15.1. The van der Waals surface area contributed by atoms with Gasteiger partial charge in [0.1, 0.15) is 11.5 Å². The maximum absolute atomic E-state index is 15.2. The van der Waals surface area contributed by atoms with Crippen LogP contribution in [0.2, 0.25) is 18.6 Å². The van der Waals surface area contributed by atoms with Crippen molar-refractivity contribution in [3.63, 3.8) is 0 Å². The molecule has 4 N–H and O–H groups in total. The molecule has 0 aromatic heterocycles. The molecular weight excluding hydrogens is 805 g/mol. The van der Waals surface area contributed by atoms with E-state index in [-0.39, 0.29) is 50.4 Å². The lowest BCUT2D eigenvalue weighted by molar-refractivity contribution is -0.150. The van der Waals surface area contributed by atoms with Crippen LogP contribution >= 0.6 is 0 Å². The zero-order valence-corrected chi connectivity index (χ0v) is 37.4. The van der Waals surface area contributed by atoms with Crippen LogP contribution in [0.4, 0.5) is 17.1 Å². The van der Waals surface area contributed by atoms with Gasteiger partial charge in [-0.15, -0.1) is 0 Å². The first-order chi connectivity index (χ1) is 29.8. The minimum absolute atomic E-state index is 0.0705. The van der Waals surface area contributed by atoms with Gasteiger partial charge >= 0.3 is 0 Å². The lowest BCUT2D eigenvalue weighted by Crippen LogP contribution is -2.49. The Bertz CT molecular complexity index is 2220. The van der Waals surface area contributed by atoms with E-state index >= 15 is 4.79 Å². The first-order valence-corrected chi connectivity index (χ1v) is 24.7. The third kappa shape index (κ3) is 8.90. The molecule has 62 heavy (non-hydrogen) atoms. The summed E-state index contributed by atoms with van der Waals surface area (Å²) in [5, 5.41) is 22.6. The molecule has 0 bridgehead atoms. The highest BCUT2D eigenvalue weighted by Gasteiger charge is 2.66. The van der Waals surface area contributed by atoms with Gasteiger partial charge in [-0.3, -0.25) is 19.3 Å². The SMILES string of the molecule is CCOc1ccc2c(c1)CC(NCCCCO)C(=O)N2c1ccc(CN2C(=O)[C@]3(O[C@H](CC(=O)N(CCO)Cc4ccccc4)[C@@H]([Si](C)(C)O)[C@@H]3C)c3cc(OC)ccc32)cc1. The number of aliphatic hydroxyl groups excluding tert-OH is 2. The van der Waals surface area contributed by atoms with Crippen LogP contribution < -0.4 is 24.6 Å². The van der Waals surface area contributed by atoms with Crippen LogP contribution in [0.3, 0.4) is 0 Å². The summed E-state index contributed by atoms with van der Waals surface area (Å²) in [7, 11) is -1.52. The van der Waals surface area contributed by atoms with Gasteiger partial charge in [-0.25, -0.2) is 0 Å². The fourth-order valence-electron chi connectivity index (χ4n) is 9.71. The molecule has 1 spiro atoms. The van der Waals surface area contributed by atoms with E-state index < -0.39 is 37.5 Å². The summed E-state index contributed by atoms with van der Waals surface area (Å²) in [6.45, 7) is 9.17. The van der Waals surface area contributed by atoms with E-state index in [0.717, 1.165) is 34.5 Å². The van der Waals surface area contributed by atoms with Crippen molar-refractivity contribution >= 4 is 43.1 Å². The summed E-state index contributed by atoms with van der Waals surface area (Å²) in [6, 6.07) is 28.0. The molecule has 0 aliphatic carbocycles. The highest BCUT2D eigenvalue weighted by atomic mass is 28.4. The van der Waals surface area contributed by atoms with E-state index in [9.17, 15) is 24.6 Å². The number of nitrogens with one attached hydrogen (secondary N) is 1. The number of fused-ring (bicyclic) bond motifs is 3. The number of carbonyl (C=O) groups excluding carboxylic acids is 3. The number of methoxy groups -OCH3 is 1. The Hall–Kier alpha value is -5.09. The number of unbranched alkanes of at least 4 members (excludes halogenated alkanes) is 1. The summed E-state index contributed by atoms with van der Waals surface area (Å²) >= 11 is 0. The number of nitrogens with zero attached hydrogens (tertiary/aromatic N) is 3. The van der Waals surface area contributed by atoms with E-state index in [2.05, 4.69) is 5.32 Å². The lowest BCUT2D eigenvalue weighted by atomic mass is 9.82. The zero-order chi connectivity index (χ0) is 44.2. The second-order valence-electron chi connectivity index (χ2n) is 17.1. The summed E-state index contributed by atoms with van der Waals surface area (Å²) < 4.78 is 18.5. The number of anilines is 3. The Kier molecular flexibility index (Phi) is 13.9. The first kappa shape index (κ1) is 44.9. The van der Waals surface area contributed by atoms with E-state index in [1.54, 1.807) is 21.8 Å². The predicted molar refractivity (Wildman–Crippen MR) is 240 cm³/mol. The van der Waals surface area contributed by atoms with Gasteiger partial charge in [-0.1, -0.05) is 49.4 Å². The fraction of sp³-hybridized carbons (Fsp3) is 0.438. The fourth-order valence-corrected chi connectivity index (χ4v) is 12.3. The van der Waals surface area contributed by atoms with Crippen molar-refractivity contribution in [1.29, 1.82) is 0 Å². The molecule has 13 nitrogen and oxygen atoms in total. The van der Waals surface area contributed by atoms with Gasteiger partial charge in [0.15, 0.2) is 13.9 Å². The topological polar surface area (TPSA) is 161 Å². The van der Waals surface area contributed by atoms with Gasteiger partial charge in [-0.05, 0) is 111 Å². The normalized spacial score (nSPS) is 21.9. The van der Waals surface area contributed by atoms with Crippen molar-refractivity contribution in [3.8, 4) is 11.5 Å². The molecule has 4 aromatic carbocycles. The van der Waals surface area contributed by atoms with Gasteiger partial charge in [0, 0.05) is 42.4 Å². The Balaban J connectivity index is 1.18. The van der Waals surface area contributed by atoms with Gasteiger partial charge in [0.05, 0.1) is 56.8 Å².